The van der Waals surface area contributed by atoms with E-state index in [1.807, 2.05) is 0 Å². The maximum Gasteiger partial charge on any atom is 0.221 e. The second-order valence-electron chi connectivity index (χ2n) is 7.35. The van der Waals surface area contributed by atoms with Crippen molar-refractivity contribution in [2.45, 2.75) is 28.0 Å². The van der Waals surface area contributed by atoms with Crippen molar-refractivity contribution in [1.29, 1.82) is 0 Å². The minimum atomic E-state index is -3.88. The standard InChI is InChI=1S/C20H25N5O4S2/c1-14(26)29-16-13-17(24-11-9-23(2)10-12-24)25-19(21-16)18(20(22-25)30-3)31(27,28)15-7-5-4-6-8-15/h4-8,13-14,26H,9-12H2,1-3H3. The summed E-state index contributed by atoms with van der Waals surface area (Å²) >= 11 is 1.25. The molecule has 0 aliphatic carbocycles. The average molecular weight is 464 g/mol. The molecule has 0 radical (unpaired) electrons. The number of benzene rings is 1. The van der Waals surface area contributed by atoms with Gasteiger partial charge in [0.15, 0.2) is 16.8 Å². The Morgan fingerprint density at radius 2 is 1.84 bits per heavy atom. The Morgan fingerprint density at radius 3 is 2.45 bits per heavy atom. The summed E-state index contributed by atoms with van der Waals surface area (Å²) in [6, 6.07) is 9.94. The smallest absolute Gasteiger partial charge is 0.221 e. The van der Waals surface area contributed by atoms with Crippen LogP contribution in [0.3, 0.4) is 0 Å². The molecule has 0 spiro atoms. The molecule has 1 unspecified atom stereocenters. The number of anilines is 1. The summed E-state index contributed by atoms with van der Waals surface area (Å²) in [4.78, 5) is 9.00. The average Bonchev–Trinajstić information content (AvgIpc) is 3.13. The van der Waals surface area contributed by atoms with Gasteiger partial charge in [-0.15, -0.1) is 11.8 Å². The van der Waals surface area contributed by atoms with Crippen molar-refractivity contribution in [1.82, 2.24) is 19.5 Å². The van der Waals surface area contributed by atoms with E-state index in [9.17, 15) is 13.5 Å². The molecule has 0 bridgehead atoms. The molecule has 1 aromatic carbocycles. The van der Waals surface area contributed by atoms with Gasteiger partial charge in [-0.1, -0.05) is 18.2 Å². The van der Waals surface area contributed by atoms with Crippen LogP contribution in [0.15, 0.2) is 51.2 Å². The topological polar surface area (TPSA) is 100 Å². The zero-order valence-corrected chi connectivity index (χ0v) is 19.2. The van der Waals surface area contributed by atoms with E-state index < -0.39 is 16.1 Å². The fourth-order valence-corrected chi connectivity index (χ4v) is 5.94. The molecule has 166 valence electrons. The van der Waals surface area contributed by atoms with Gasteiger partial charge in [0.25, 0.3) is 0 Å². The maximum atomic E-state index is 13.5. The van der Waals surface area contributed by atoms with Gasteiger partial charge in [0.1, 0.15) is 10.8 Å². The van der Waals surface area contributed by atoms with Gasteiger partial charge in [0.05, 0.1) is 4.90 Å². The van der Waals surface area contributed by atoms with Crippen LogP contribution in [-0.4, -0.2) is 78.8 Å². The Morgan fingerprint density at radius 1 is 1.16 bits per heavy atom. The Hall–Kier alpha value is -2.34. The van der Waals surface area contributed by atoms with Crippen LogP contribution in [0.5, 0.6) is 5.88 Å². The van der Waals surface area contributed by atoms with Gasteiger partial charge in [-0.05, 0) is 32.4 Å². The molecular weight excluding hydrogens is 438 g/mol. The van der Waals surface area contributed by atoms with Crippen LogP contribution >= 0.6 is 11.8 Å². The van der Waals surface area contributed by atoms with E-state index >= 15 is 0 Å². The first-order valence-corrected chi connectivity index (χ1v) is 12.6. The van der Waals surface area contributed by atoms with Crippen molar-refractivity contribution < 1.29 is 18.3 Å². The number of hydrogen-bond donors (Lipinski definition) is 1. The van der Waals surface area contributed by atoms with E-state index in [0.717, 1.165) is 26.2 Å². The van der Waals surface area contributed by atoms with Crippen LogP contribution in [0.2, 0.25) is 0 Å². The van der Waals surface area contributed by atoms with Crippen LogP contribution < -0.4 is 9.64 Å². The highest BCUT2D eigenvalue weighted by Crippen LogP contribution is 2.35. The lowest BCUT2D eigenvalue weighted by molar-refractivity contribution is -0.00355. The van der Waals surface area contributed by atoms with E-state index in [2.05, 4.69) is 26.9 Å². The number of thioether (sulfide) groups is 1. The van der Waals surface area contributed by atoms with E-state index in [1.165, 1.54) is 18.7 Å². The van der Waals surface area contributed by atoms with Crippen molar-refractivity contribution in [2.24, 2.45) is 0 Å². The van der Waals surface area contributed by atoms with Gasteiger partial charge in [-0.3, -0.25) is 0 Å². The lowest BCUT2D eigenvalue weighted by Gasteiger charge is -2.34. The van der Waals surface area contributed by atoms with Gasteiger partial charge < -0.3 is 19.6 Å². The van der Waals surface area contributed by atoms with Crippen molar-refractivity contribution >= 4 is 33.1 Å². The van der Waals surface area contributed by atoms with Crippen LogP contribution in [0.4, 0.5) is 5.82 Å². The fraction of sp³-hybridized carbons (Fsp3) is 0.400. The van der Waals surface area contributed by atoms with Crippen LogP contribution in [-0.2, 0) is 9.84 Å². The predicted octanol–water partition coefficient (Wildman–Crippen LogP) is 1.75. The SMILES string of the molecule is CSc1nn2c(N3CCN(C)CC3)cc(OC(C)O)nc2c1S(=O)(=O)c1ccccc1. The van der Waals surface area contributed by atoms with E-state index in [1.54, 1.807) is 47.2 Å². The highest BCUT2D eigenvalue weighted by Gasteiger charge is 2.31. The molecule has 1 saturated heterocycles. The van der Waals surface area contributed by atoms with Gasteiger partial charge in [-0.2, -0.15) is 14.6 Å². The third-order valence-electron chi connectivity index (χ3n) is 5.11. The number of nitrogens with zero attached hydrogens (tertiary/aromatic N) is 5. The van der Waals surface area contributed by atoms with Gasteiger partial charge in [0, 0.05) is 32.2 Å². The lowest BCUT2D eigenvalue weighted by Crippen LogP contribution is -2.45. The number of likely N-dealkylation sites (N-methyl/N-ethyl adjacent to an activating group) is 1. The third-order valence-corrected chi connectivity index (χ3v) is 7.72. The molecule has 1 fully saturated rings. The number of aliphatic hydroxyl groups is 1. The molecule has 1 aliphatic rings. The quantitative estimate of drug-likeness (QED) is 0.433. The number of ether oxygens (including phenoxy) is 1. The second-order valence-corrected chi connectivity index (χ2v) is 10.0. The fourth-order valence-electron chi connectivity index (χ4n) is 3.52. The summed E-state index contributed by atoms with van der Waals surface area (Å²) in [5.41, 5.74) is 0.181. The number of aliphatic hydroxyl groups excluding tert-OH is 1. The molecule has 31 heavy (non-hydrogen) atoms. The summed E-state index contributed by atoms with van der Waals surface area (Å²) in [6.07, 6.45) is 0.696. The lowest BCUT2D eigenvalue weighted by atomic mass is 10.3. The molecule has 11 heteroatoms. The van der Waals surface area contributed by atoms with Gasteiger partial charge >= 0.3 is 0 Å². The van der Waals surface area contributed by atoms with E-state index in [0.29, 0.717) is 10.8 Å². The largest absolute Gasteiger partial charge is 0.448 e. The first kappa shape index (κ1) is 21.9. The predicted molar refractivity (Wildman–Crippen MR) is 119 cm³/mol. The molecule has 1 atom stereocenters. The molecular formula is C20H25N5O4S2. The number of piperazine rings is 1. The van der Waals surface area contributed by atoms with Crippen molar-refractivity contribution in [2.75, 3.05) is 44.4 Å². The van der Waals surface area contributed by atoms with E-state index in [4.69, 9.17) is 4.74 Å². The first-order valence-electron chi connectivity index (χ1n) is 9.87. The zero-order valence-electron chi connectivity index (χ0n) is 17.6. The van der Waals surface area contributed by atoms with Crippen molar-refractivity contribution in [3.8, 4) is 5.88 Å². The summed E-state index contributed by atoms with van der Waals surface area (Å²) in [7, 11) is -1.82. The Kier molecular flexibility index (Phi) is 6.11. The van der Waals surface area contributed by atoms with Crippen molar-refractivity contribution in [3.63, 3.8) is 0 Å². The number of rotatable bonds is 6. The number of hydrogen-bond acceptors (Lipinski definition) is 9. The number of sulfone groups is 1. The summed E-state index contributed by atoms with van der Waals surface area (Å²) in [5, 5.41) is 14.7. The molecule has 4 rings (SSSR count). The molecule has 1 aliphatic heterocycles. The highest BCUT2D eigenvalue weighted by molar-refractivity contribution is 7.99. The first-order chi connectivity index (χ1) is 14.8. The summed E-state index contributed by atoms with van der Waals surface area (Å²) < 4.78 is 34.1. The van der Waals surface area contributed by atoms with E-state index in [-0.39, 0.29) is 21.3 Å². The molecule has 3 aromatic rings. The third kappa shape index (κ3) is 4.22. The molecule has 2 aromatic heterocycles. The molecule has 0 amide bonds. The second kappa shape index (κ2) is 8.65. The van der Waals surface area contributed by atoms with Gasteiger partial charge in [-0.25, -0.2) is 8.42 Å². The Labute approximate surface area is 185 Å². The summed E-state index contributed by atoms with van der Waals surface area (Å²) in [5.74, 6) is 0.826. The molecule has 3 heterocycles. The molecule has 9 nitrogen and oxygen atoms in total. The van der Waals surface area contributed by atoms with Gasteiger partial charge in [0.2, 0.25) is 15.7 Å². The Bertz CT molecular complexity index is 1170. The number of aromatic nitrogens is 3. The number of fused-ring (bicyclic) bond motifs is 1. The minimum Gasteiger partial charge on any atom is -0.448 e. The zero-order chi connectivity index (χ0) is 22.2. The van der Waals surface area contributed by atoms with Crippen LogP contribution in [0.1, 0.15) is 6.92 Å². The molecule has 0 saturated carbocycles. The highest BCUT2D eigenvalue weighted by atomic mass is 32.2. The normalized spacial score (nSPS) is 16.6. The van der Waals surface area contributed by atoms with Crippen LogP contribution in [0.25, 0.3) is 5.65 Å². The summed E-state index contributed by atoms with van der Waals surface area (Å²) in [6.45, 7) is 4.70. The monoisotopic (exact) mass is 463 g/mol. The Balaban J connectivity index is 1.96. The van der Waals surface area contributed by atoms with Crippen molar-refractivity contribution in [3.05, 3.63) is 36.4 Å². The van der Waals surface area contributed by atoms with Crippen LogP contribution in [0, 0.1) is 0 Å². The molecule has 1 N–H and O–H groups in total. The minimum absolute atomic E-state index is 0.0395. The maximum absolute atomic E-state index is 13.5.